The summed E-state index contributed by atoms with van der Waals surface area (Å²) in [6, 6.07) is 9.60. The number of rotatable bonds is 5. The van der Waals surface area contributed by atoms with Crippen LogP contribution < -0.4 is 0 Å². The predicted molar refractivity (Wildman–Crippen MR) is 66.7 cm³/mol. The van der Waals surface area contributed by atoms with E-state index in [1.165, 1.54) is 0 Å². The molecule has 0 unspecified atom stereocenters. The van der Waals surface area contributed by atoms with Crippen molar-refractivity contribution >= 4 is 5.97 Å². The Balaban J connectivity index is 2.73. The fourth-order valence-corrected chi connectivity index (χ4v) is 1.46. The van der Waals surface area contributed by atoms with E-state index >= 15 is 0 Å². The quantitative estimate of drug-likeness (QED) is 0.797. The molecular weight excluding hydrogens is 216 g/mol. The summed E-state index contributed by atoms with van der Waals surface area (Å²) in [6.45, 7) is 5.62. The molecular formula is C14H20O3. The number of benzene rings is 1. The van der Waals surface area contributed by atoms with E-state index in [-0.39, 0.29) is 25.1 Å². The Morgan fingerprint density at radius 1 is 1.35 bits per heavy atom. The van der Waals surface area contributed by atoms with Gasteiger partial charge in [-0.1, -0.05) is 51.1 Å². The van der Waals surface area contributed by atoms with Gasteiger partial charge in [0.15, 0.2) is 0 Å². The SMILES string of the molecule is CC(C)C(=O)OC[C@](C)(CO)c1ccccc1. The van der Waals surface area contributed by atoms with Crippen LogP contribution in [-0.2, 0) is 14.9 Å². The number of carbonyl (C=O) groups excluding carboxylic acids is 1. The van der Waals surface area contributed by atoms with Crippen molar-refractivity contribution in [2.24, 2.45) is 5.92 Å². The van der Waals surface area contributed by atoms with Gasteiger partial charge in [0.1, 0.15) is 6.61 Å². The first-order chi connectivity index (χ1) is 7.99. The lowest BCUT2D eigenvalue weighted by molar-refractivity contribution is -0.149. The van der Waals surface area contributed by atoms with Crippen molar-refractivity contribution in [1.29, 1.82) is 0 Å². The number of esters is 1. The van der Waals surface area contributed by atoms with Crippen molar-refractivity contribution in [2.75, 3.05) is 13.2 Å². The summed E-state index contributed by atoms with van der Waals surface area (Å²) in [6.07, 6.45) is 0. The Morgan fingerprint density at radius 2 is 1.94 bits per heavy atom. The van der Waals surface area contributed by atoms with Gasteiger partial charge in [0.05, 0.1) is 12.5 Å². The average molecular weight is 236 g/mol. The van der Waals surface area contributed by atoms with Crippen molar-refractivity contribution in [2.45, 2.75) is 26.2 Å². The molecule has 1 aromatic rings. The highest BCUT2D eigenvalue weighted by Crippen LogP contribution is 2.23. The van der Waals surface area contributed by atoms with E-state index < -0.39 is 5.41 Å². The molecule has 1 aromatic carbocycles. The van der Waals surface area contributed by atoms with Crippen LogP contribution in [0.25, 0.3) is 0 Å². The fourth-order valence-electron chi connectivity index (χ4n) is 1.46. The van der Waals surface area contributed by atoms with Crippen LogP contribution in [0.5, 0.6) is 0 Å². The first-order valence-electron chi connectivity index (χ1n) is 5.82. The Labute approximate surface area is 102 Å². The lowest BCUT2D eigenvalue weighted by Gasteiger charge is -2.27. The highest BCUT2D eigenvalue weighted by Gasteiger charge is 2.28. The van der Waals surface area contributed by atoms with Crippen molar-refractivity contribution in [1.82, 2.24) is 0 Å². The van der Waals surface area contributed by atoms with Crippen LogP contribution in [0.1, 0.15) is 26.3 Å². The lowest BCUT2D eigenvalue weighted by atomic mass is 9.84. The van der Waals surface area contributed by atoms with Crippen molar-refractivity contribution < 1.29 is 14.6 Å². The van der Waals surface area contributed by atoms with E-state index in [1.807, 2.05) is 37.3 Å². The second-order valence-electron chi connectivity index (χ2n) is 4.85. The zero-order valence-corrected chi connectivity index (χ0v) is 10.6. The van der Waals surface area contributed by atoms with E-state index in [4.69, 9.17) is 4.74 Å². The van der Waals surface area contributed by atoms with Gasteiger partial charge in [-0.05, 0) is 5.56 Å². The van der Waals surface area contributed by atoms with Crippen LogP contribution in [0.4, 0.5) is 0 Å². The normalized spacial score (nSPS) is 14.4. The van der Waals surface area contributed by atoms with Gasteiger partial charge in [0.2, 0.25) is 0 Å². The van der Waals surface area contributed by atoms with Crippen LogP contribution in [0.15, 0.2) is 30.3 Å². The molecule has 0 bridgehead atoms. The molecule has 3 heteroatoms. The first kappa shape index (κ1) is 13.7. The number of carbonyl (C=O) groups is 1. The van der Waals surface area contributed by atoms with Gasteiger partial charge >= 0.3 is 5.97 Å². The Kier molecular flexibility index (Phi) is 4.70. The van der Waals surface area contributed by atoms with Gasteiger partial charge in [-0.2, -0.15) is 0 Å². The zero-order valence-electron chi connectivity index (χ0n) is 10.6. The third-order valence-electron chi connectivity index (χ3n) is 2.82. The standard InChI is InChI=1S/C14H20O3/c1-11(2)13(16)17-10-14(3,9-15)12-7-5-4-6-8-12/h4-8,11,15H,9-10H2,1-3H3/t14-/m0/s1. The average Bonchev–Trinajstić information content (AvgIpc) is 2.36. The molecule has 0 aliphatic rings. The summed E-state index contributed by atoms with van der Waals surface area (Å²) >= 11 is 0. The third-order valence-corrected chi connectivity index (χ3v) is 2.82. The smallest absolute Gasteiger partial charge is 0.308 e. The van der Waals surface area contributed by atoms with E-state index in [0.29, 0.717) is 0 Å². The summed E-state index contributed by atoms with van der Waals surface area (Å²) in [7, 11) is 0. The van der Waals surface area contributed by atoms with Crippen LogP contribution in [0.2, 0.25) is 0 Å². The van der Waals surface area contributed by atoms with Gasteiger partial charge in [-0.3, -0.25) is 4.79 Å². The molecule has 0 aliphatic heterocycles. The molecule has 1 rings (SSSR count). The maximum absolute atomic E-state index is 11.4. The molecule has 3 nitrogen and oxygen atoms in total. The minimum absolute atomic E-state index is 0.0532. The van der Waals surface area contributed by atoms with Gasteiger partial charge in [-0.25, -0.2) is 0 Å². The molecule has 0 heterocycles. The summed E-state index contributed by atoms with van der Waals surface area (Å²) < 4.78 is 5.21. The summed E-state index contributed by atoms with van der Waals surface area (Å²) in [4.78, 5) is 11.4. The monoisotopic (exact) mass is 236 g/mol. The molecule has 0 spiro atoms. The molecule has 0 aromatic heterocycles. The van der Waals surface area contributed by atoms with Crippen LogP contribution in [-0.4, -0.2) is 24.3 Å². The zero-order chi connectivity index (χ0) is 12.9. The van der Waals surface area contributed by atoms with Crippen molar-refractivity contribution in [3.63, 3.8) is 0 Å². The van der Waals surface area contributed by atoms with Gasteiger partial charge in [0, 0.05) is 5.41 Å². The van der Waals surface area contributed by atoms with Crippen molar-refractivity contribution in [3.8, 4) is 0 Å². The highest BCUT2D eigenvalue weighted by molar-refractivity contribution is 5.71. The number of ether oxygens (including phenoxy) is 1. The lowest BCUT2D eigenvalue weighted by Crippen LogP contribution is -2.34. The molecule has 1 atom stereocenters. The number of hydrogen-bond acceptors (Lipinski definition) is 3. The number of aliphatic hydroxyl groups excluding tert-OH is 1. The molecule has 0 saturated heterocycles. The second-order valence-corrected chi connectivity index (χ2v) is 4.85. The number of hydrogen-bond donors (Lipinski definition) is 1. The Hall–Kier alpha value is -1.35. The molecule has 0 fully saturated rings. The van der Waals surface area contributed by atoms with E-state index in [2.05, 4.69) is 0 Å². The van der Waals surface area contributed by atoms with E-state index in [9.17, 15) is 9.90 Å². The van der Waals surface area contributed by atoms with Crippen LogP contribution in [0.3, 0.4) is 0 Å². The van der Waals surface area contributed by atoms with Gasteiger partial charge in [-0.15, -0.1) is 0 Å². The molecule has 0 radical (unpaired) electrons. The first-order valence-corrected chi connectivity index (χ1v) is 5.82. The van der Waals surface area contributed by atoms with E-state index in [0.717, 1.165) is 5.56 Å². The summed E-state index contributed by atoms with van der Waals surface area (Å²) in [5, 5.41) is 9.50. The topological polar surface area (TPSA) is 46.5 Å². The molecule has 0 aliphatic carbocycles. The predicted octanol–water partition coefficient (Wildman–Crippen LogP) is 2.14. The van der Waals surface area contributed by atoms with Crippen LogP contribution >= 0.6 is 0 Å². The van der Waals surface area contributed by atoms with Gasteiger partial charge < -0.3 is 9.84 Å². The molecule has 17 heavy (non-hydrogen) atoms. The van der Waals surface area contributed by atoms with Crippen LogP contribution in [0, 0.1) is 5.92 Å². The summed E-state index contributed by atoms with van der Waals surface area (Å²) in [5.41, 5.74) is 0.435. The largest absolute Gasteiger partial charge is 0.464 e. The molecule has 0 amide bonds. The maximum atomic E-state index is 11.4. The maximum Gasteiger partial charge on any atom is 0.308 e. The second kappa shape index (κ2) is 5.82. The minimum atomic E-state index is -0.536. The summed E-state index contributed by atoms with van der Waals surface area (Å²) in [5.74, 6) is -0.380. The molecule has 94 valence electrons. The van der Waals surface area contributed by atoms with Gasteiger partial charge in [0.25, 0.3) is 0 Å². The molecule has 0 saturated carbocycles. The highest BCUT2D eigenvalue weighted by atomic mass is 16.5. The minimum Gasteiger partial charge on any atom is -0.464 e. The third kappa shape index (κ3) is 3.56. The van der Waals surface area contributed by atoms with E-state index in [1.54, 1.807) is 13.8 Å². The molecule has 1 N–H and O–H groups in total. The van der Waals surface area contributed by atoms with Crippen molar-refractivity contribution in [3.05, 3.63) is 35.9 Å². The fraction of sp³-hybridized carbons (Fsp3) is 0.500. The Bertz CT molecular complexity index is 359. The number of aliphatic hydroxyl groups is 1. The Morgan fingerprint density at radius 3 is 2.41 bits per heavy atom.